The summed E-state index contributed by atoms with van der Waals surface area (Å²) in [6.07, 6.45) is 0. The van der Waals surface area contributed by atoms with Crippen molar-refractivity contribution in [3.8, 4) is 17.1 Å². The third-order valence-electron chi connectivity index (χ3n) is 3.85. The third-order valence-corrected chi connectivity index (χ3v) is 4.91. The second-order valence-electron chi connectivity index (χ2n) is 5.89. The Labute approximate surface area is 166 Å². The highest BCUT2D eigenvalue weighted by molar-refractivity contribution is 8.00. The molecule has 0 aliphatic heterocycles. The van der Waals surface area contributed by atoms with Gasteiger partial charge in [0.15, 0.2) is 5.82 Å². The lowest BCUT2D eigenvalue weighted by Crippen LogP contribution is -2.23. The lowest BCUT2D eigenvalue weighted by Gasteiger charge is -2.12. The van der Waals surface area contributed by atoms with Crippen molar-refractivity contribution in [1.82, 2.24) is 14.9 Å². The molecule has 1 aromatic heterocycles. The number of carbonyl (C=O) groups excluding carboxylic acids is 1. The van der Waals surface area contributed by atoms with E-state index >= 15 is 0 Å². The molecule has 2 aromatic carbocycles. The summed E-state index contributed by atoms with van der Waals surface area (Å²) in [6.45, 7) is 4.24. The Morgan fingerprint density at radius 3 is 2.54 bits per heavy atom. The molecule has 3 rings (SSSR count). The average molecular weight is 401 g/mol. The van der Waals surface area contributed by atoms with Crippen LogP contribution in [0.1, 0.15) is 13.8 Å². The highest BCUT2D eigenvalue weighted by atomic mass is 32.2. The Morgan fingerprint density at radius 2 is 1.89 bits per heavy atom. The van der Waals surface area contributed by atoms with Crippen LogP contribution in [0.3, 0.4) is 0 Å². The molecule has 3 N–H and O–H groups in total. The van der Waals surface area contributed by atoms with Gasteiger partial charge in [0, 0.05) is 11.3 Å². The van der Waals surface area contributed by atoms with Crippen molar-refractivity contribution in [3.63, 3.8) is 0 Å². The monoisotopic (exact) mass is 401 g/mol. The quantitative estimate of drug-likeness (QED) is 0.466. The van der Waals surface area contributed by atoms with E-state index in [1.54, 1.807) is 43.3 Å². The SMILES string of the molecule is CCOc1ccc(NC(=O)[C@@H](C)Sc2nnc(-c3ccc(F)cc3)n2N)cc1. The standard InChI is InChI=1S/C19H20FN5O2S/c1-3-27-16-10-8-15(9-11-16)22-18(26)12(2)28-19-24-23-17(25(19)21)13-4-6-14(20)7-5-13/h4-12H,3,21H2,1-2H3,(H,22,26)/t12-/m1/s1. The molecule has 7 nitrogen and oxygen atoms in total. The highest BCUT2D eigenvalue weighted by Crippen LogP contribution is 2.26. The summed E-state index contributed by atoms with van der Waals surface area (Å²) in [7, 11) is 0. The van der Waals surface area contributed by atoms with Crippen molar-refractivity contribution in [2.24, 2.45) is 0 Å². The number of aromatic nitrogens is 3. The van der Waals surface area contributed by atoms with Gasteiger partial charge in [-0.25, -0.2) is 9.07 Å². The normalized spacial score (nSPS) is 11.8. The molecule has 146 valence electrons. The number of hydrogen-bond acceptors (Lipinski definition) is 6. The fourth-order valence-corrected chi connectivity index (χ4v) is 3.18. The molecule has 0 spiro atoms. The summed E-state index contributed by atoms with van der Waals surface area (Å²) >= 11 is 1.18. The zero-order chi connectivity index (χ0) is 20.1. The van der Waals surface area contributed by atoms with E-state index in [0.717, 1.165) is 5.75 Å². The topological polar surface area (TPSA) is 95.1 Å². The molecule has 1 amide bonds. The zero-order valence-electron chi connectivity index (χ0n) is 15.4. The van der Waals surface area contributed by atoms with Gasteiger partial charge in [-0.2, -0.15) is 0 Å². The van der Waals surface area contributed by atoms with Gasteiger partial charge in [-0.15, -0.1) is 10.2 Å². The van der Waals surface area contributed by atoms with Gasteiger partial charge in [-0.3, -0.25) is 4.79 Å². The van der Waals surface area contributed by atoms with Crippen LogP contribution in [-0.2, 0) is 4.79 Å². The fraction of sp³-hybridized carbons (Fsp3) is 0.211. The molecular weight excluding hydrogens is 381 g/mol. The molecule has 1 atom stereocenters. The average Bonchev–Trinajstić information content (AvgIpc) is 3.04. The molecule has 0 saturated heterocycles. The summed E-state index contributed by atoms with van der Waals surface area (Å²) < 4.78 is 19.8. The minimum Gasteiger partial charge on any atom is -0.494 e. The van der Waals surface area contributed by atoms with E-state index in [-0.39, 0.29) is 11.7 Å². The van der Waals surface area contributed by atoms with Crippen molar-refractivity contribution in [2.75, 3.05) is 17.8 Å². The molecule has 0 aliphatic carbocycles. The van der Waals surface area contributed by atoms with Crippen molar-refractivity contribution < 1.29 is 13.9 Å². The van der Waals surface area contributed by atoms with Gasteiger partial charge in [-0.1, -0.05) is 11.8 Å². The number of nitrogens with two attached hydrogens (primary N) is 1. The van der Waals surface area contributed by atoms with Gasteiger partial charge < -0.3 is 15.9 Å². The van der Waals surface area contributed by atoms with E-state index in [1.807, 2.05) is 6.92 Å². The summed E-state index contributed by atoms with van der Waals surface area (Å²) in [5.41, 5.74) is 1.30. The smallest absolute Gasteiger partial charge is 0.237 e. The number of anilines is 1. The van der Waals surface area contributed by atoms with E-state index < -0.39 is 5.25 Å². The highest BCUT2D eigenvalue weighted by Gasteiger charge is 2.20. The van der Waals surface area contributed by atoms with Crippen LogP contribution in [0.25, 0.3) is 11.4 Å². The predicted octanol–water partition coefficient (Wildman–Crippen LogP) is 3.32. The predicted molar refractivity (Wildman–Crippen MR) is 107 cm³/mol. The number of nitrogens with one attached hydrogen (secondary N) is 1. The maximum atomic E-state index is 13.1. The number of halogens is 1. The molecule has 28 heavy (non-hydrogen) atoms. The van der Waals surface area contributed by atoms with Crippen molar-refractivity contribution in [3.05, 3.63) is 54.3 Å². The van der Waals surface area contributed by atoms with Crippen molar-refractivity contribution in [2.45, 2.75) is 24.3 Å². The summed E-state index contributed by atoms with van der Waals surface area (Å²) in [5.74, 6) is 6.64. The summed E-state index contributed by atoms with van der Waals surface area (Å²) in [6, 6.07) is 12.9. The molecule has 3 aromatic rings. The lowest BCUT2D eigenvalue weighted by molar-refractivity contribution is -0.115. The Morgan fingerprint density at radius 1 is 1.21 bits per heavy atom. The van der Waals surface area contributed by atoms with Crippen LogP contribution < -0.4 is 15.9 Å². The Bertz CT molecular complexity index is 944. The molecule has 9 heteroatoms. The first-order valence-corrected chi connectivity index (χ1v) is 9.52. The summed E-state index contributed by atoms with van der Waals surface area (Å²) in [4.78, 5) is 12.4. The molecule has 0 bridgehead atoms. The van der Waals surface area contributed by atoms with Crippen molar-refractivity contribution >= 4 is 23.4 Å². The molecule has 0 unspecified atom stereocenters. The first kappa shape index (κ1) is 19.7. The number of nitrogen functional groups attached to an aromatic ring is 1. The molecular formula is C19H20FN5O2S. The van der Waals surface area contributed by atoms with Gasteiger partial charge in [-0.05, 0) is 62.4 Å². The fourth-order valence-electron chi connectivity index (χ4n) is 2.41. The summed E-state index contributed by atoms with van der Waals surface area (Å²) in [5, 5.41) is 10.8. The number of rotatable bonds is 7. The largest absolute Gasteiger partial charge is 0.494 e. The van der Waals surface area contributed by atoms with Gasteiger partial charge >= 0.3 is 0 Å². The molecule has 0 radical (unpaired) electrons. The second-order valence-corrected chi connectivity index (χ2v) is 7.20. The van der Waals surface area contributed by atoms with Gasteiger partial charge in [0.1, 0.15) is 11.6 Å². The lowest BCUT2D eigenvalue weighted by atomic mass is 10.2. The minimum absolute atomic E-state index is 0.194. The van der Waals surface area contributed by atoms with Crippen LogP contribution >= 0.6 is 11.8 Å². The van der Waals surface area contributed by atoms with E-state index in [2.05, 4.69) is 15.5 Å². The maximum absolute atomic E-state index is 13.1. The molecule has 1 heterocycles. The van der Waals surface area contributed by atoms with Crippen LogP contribution in [0.5, 0.6) is 5.75 Å². The van der Waals surface area contributed by atoms with E-state index in [1.165, 1.54) is 28.6 Å². The number of nitrogens with zero attached hydrogens (tertiary/aromatic N) is 3. The first-order valence-electron chi connectivity index (χ1n) is 8.64. The van der Waals surface area contributed by atoms with Crippen LogP contribution in [0, 0.1) is 5.82 Å². The van der Waals surface area contributed by atoms with Gasteiger partial charge in [0.2, 0.25) is 11.1 Å². The molecule has 0 aliphatic rings. The van der Waals surface area contributed by atoms with Gasteiger partial charge in [0.05, 0.1) is 11.9 Å². The van der Waals surface area contributed by atoms with Crippen LogP contribution in [0.4, 0.5) is 10.1 Å². The van der Waals surface area contributed by atoms with E-state index in [0.29, 0.717) is 28.8 Å². The zero-order valence-corrected chi connectivity index (χ0v) is 16.2. The van der Waals surface area contributed by atoms with Crippen LogP contribution in [-0.4, -0.2) is 32.6 Å². The Kier molecular flexibility index (Phi) is 6.15. The number of amides is 1. The number of benzene rings is 2. The minimum atomic E-state index is -0.459. The number of hydrogen-bond donors (Lipinski definition) is 2. The Hall–Kier alpha value is -3.07. The molecule has 0 fully saturated rings. The van der Waals surface area contributed by atoms with Gasteiger partial charge in [0.25, 0.3) is 0 Å². The molecule has 0 saturated carbocycles. The maximum Gasteiger partial charge on any atom is 0.237 e. The van der Waals surface area contributed by atoms with Crippen molar-refractivity contribution in [1.29, 1.82) is 0 Å². The second kappa shape index (κ2) is 8.75. The first-order chi connectivity index (χ1) is 13.5. The van der Waals surface area contributed by atoms with Crippen LogP contribution in [0.15, 0.2) is 53.7 Å². The Balaban J connectivity index is 1.64. The number of thioether (sulfide) groups is 1. The number of ether oxygens (including phenoxy) is 1. The third kappa shape index (κ3) is 4.61. The van der Waals surface area contributed by atoms with Crippen LogP contribution in [0.2, 0.25) is 0 Å². The number of carbonyl (C=O) groups is 1. The van der Waals surface area contributed by atoms with E-state index in [9.17, 15) is 9.18 Å². The van der Waals surface area contributed by atoms with E-state index in [4.69, 9.17) is 10.6 Å².